The number of rotatable bonds is 6. The van der Waals surface area contributed by atoms with Crippen LogP contribution in [0.5, 0.6) is 0 Å². The van der Waals surface area contributed by atoms with Crippen molar-refractivity contribution in [1.29, 1.82) is 0 Å². The fraction of sp³-hybridized carbons (Fsp3) is 0.357. The summed E-state index contributed by atoms with van der Waals surface area (Å²) in [7, 11) is 0. The summed E-state index contributed by atoms with van der Waals surface area (Å²) >= 11 is 8.92. The van der Waals surface area contributed by atoms with Gasteiger partial charge < -0.3 is 5.32 Å². The molecule has 0 saturated heterocycles. The SMILES string of the molecule is CCCNC(Cc1ccccn1)c1cc(Br)sc1Br. The Morgan fingerprint density at radius 2 is 2.21 bits per heavy atom. The highest BCUT2D eigenvalue weighted by atomic mass is 79.9. The molecule has 5 heteroatoms. The van der Waals surface area contributed by atoms with Crippen molar-refractivity contribution in [1.82, 2.24) is 10.3 Å². The van der Waals surface area contributed by atoms with Crippen LogP contribution in [-0.4, -0.2) is 11.5 Å². The molecule has 2 aromatic rings. The van der Waals surface area contributed by atoms with Crippen LogP contribution in [-0.2, 0) is 6.42 Å². The van der Waals surface area contributed by atoms with Crippen LogP contribution in [0.1, 0.15) is 30.6 Å². The summed E-state index contributed by atoms with van der Waals surface area (Å²) in [6.45, 7) is 3.20. The van der Waals surface area contributed by atoms with E-state index in [1.54, 1.807) is 11.3 Å². The molecule has 0 spiro atoms. The molecule has 2 nitrogen and oxygen atoms in total. The van der Waals surface area contributed by atoms with E-state index in [9.17, 15) is 0 Å². The summed E-state index contributed by atoms with van der Waals surface area (Å²) in [5, 5.41) is 3.60. The second-order valence-corrected chi connectivity index (χ2v) is 8.06. The molecule has 0 aliphatic heterocycles. The van der Waals surface area contributed by atoms with Crippen molar-refractivity contribution < 1.29 is 0 Å². The van der Waals surface area contributed by atoms with Crippen LogP contribution in [0.25, 0.3) is 0 Å². The van der Waals surface area contributed by atoms with Crippen LogP contribution in [0, 0.1) is 0 Å². The van der Waals surface area contributed by atoms with E-state index >= 15 is 0 Å². The van der Waals surface area contributed by atoms with Crippen LogP contribution in [0.4, 0.5) is 0 Å². The second-order valence-electron chi connectivity index (χ2n) is 4.31. The predicted molar refractivity (Wildman–Crippen MR) is 88.7 cm³/mol. The molecule has 0 amide bonds. The first-order valence-corrected chi connectivity index (χ1v) is 8.69. The molecular formula is C14H16Br2N2S. The first-order valence-electron chi connectivity index (χ1n) is 6.28. The summed E-state index contributed by atoms with van der Waals surface area (Å²) in [5.74, 6) is 0. The molecule has 1 unspecified atom stereocenters. The molecule has 19 heavy (non-hydrogen) atoms. The van der Waals surface area contributed by atoms with Crippen molar-refractivity contribution in [2.45, 2.75) is 25.8 Å². The molecule has 0 aliphatic carbocycles. The van der Waals surface area contributed by atoms with E-state index in [0.29, 0.717) is 6.04 Å². The normalized spacial score (nSPS) is 12.6. The fourth-order valence-electron chi connectivity index (χ4n) is 1.93. The van der Waals surface area contributed by atoms with Crippen molar-refractivity contribution in [2.24, 2.45) is 0 Å². The second kappa shape index (κ2) is 7.53. The molecule has 1 atom stereocenters. The van der Waals surface area contributed by atoms with Crippen LogP contribution >= 0.6 is 43.2 Å². The maximum absolute atomic E-state index is 4.42. The minimum absolute atomic E-state index is 0.298. The first-order chi connectivity index (χ1) is 9.20. The van der Waals surface area contributed by atoms with Gasteiger partial charge in [-0.25, -0.2) is 0 Å². The Morgan fingerprint density at radius 3 is 2.79 bits per heavy atom. The first kappa shape index (κ1) is 15.2. The largest absolute Gasteiger partial charge is 0.310 e. The summed E-state index contributed by atoms with van der Waals surface area (Å²) in [5.41, 5.74) is 2.42. The maximum atomic E-state index is 4.42. The average Bonchev–Trinajstić information content (AvgIpc) is 2.75. The Kier molecular flexibility index (Phi) is 6.01. The summed E-state index contributed by atoms with van der Waals surface area (Å²) < 4.78 is 2.34. The average molecular weight is 404 g/mol. The quantitative estimate of drug-likeness (QED) is 0.737. The van der Waals surface area contributed by atoms with Gasteiger partial charge in [0, 0.05) is 24.4 Å². The number of hydrogen-bond acceptors (Lipinski definition) is 3. The Labute approximate surface area is 134 Å². The lowest BCUT2D eigenvalue weighted by Crippen LogP contribution is -2.24. The highest BCUT2D eigenvalue weighted by Gasteiger charge is 2.17. The van der Waals surface area contributed by atoms with Gasteiger partial charge in [0.25, 0.3) is 0 Å². The molecule has 0 fully saturated rings. The number of hydrogen-bond donors (Lipinski definition) is 1. The lowest BCUT2D eigenvalue weighted by molar-refractivity contribution is 0.524. The number of halogens is 2. The van der Waals surface area contributed by atoms with E-state index in [2.05, 4.69) is 61.2 Å². The maximum Gasteiger partial charge on any atom is 0.0758 e. The minimum atomic E-state index is 0.298. The number of nitrogens with zero attached hydrogens (tertiary/aromatic N) is 1. The lowest BCUT2D eigenvalue weighted by Gasteiger charge is -2.18. The van der Waals surface area contributed by atoms with Crippen LogP contribution in [0.15, 0.2) is 38.0 Å². The van der Waals surface area contributed by atoms with Gasteiger partial charge >= 0.3 is 0 Å². The van der Waals surface area contributed by atoms with Gasteiger partial charge in [-0.2, -0.15) is 0 Å². The molecular weight excluding hydrogens is 388 g/mol. The monoisotopic (exact) mass is 402 g/mol. The predicted octanol–water partition coefficient (Wildman–Crippen LogP) is 4.95. The Hall–Kier alpha value is -0.230. The minimum Gasteiger partial charge on any atom is -0.310 e. The number of pyridine rings is 1. The van der Waals surface area contributed by atoms with Crippen molar-refractivity contribution >= 4 is 43.2 Å². The molecule has 0 aliphatic rings. The highest BCUT2D eigenvalue weighted by molar-refractivity contribution is 9.12. The molecule has 0 saturated carbocycles. The zero-order chi connectivity index (χ0) is 13.7. The van der Waals surface area contributed by atoms with Gasteiger partial charge in [0.1, 0.15) is 0 Å². The van der Waals surface area contributed by atoms with E-state index in [1.807, 2.05) is 18.3 Å². The molecule has 2 heterocycles. The summed E-state index contributed by atoms with van der Waals surface area (Å²) in [4.78, 5) is 4.42. The summed E-state index contributed by atoms with van der Waals surface area (Å²) in [6.07, 6.45) is 3.88. The topological polar surface area (TPSA) is 24.9 Å². The van der Waals surface area contributed by atoms with E-state index in [-0.39, 0.29) is 0 Å². The van der Waals surface area contributed by atoms with Crippen molar-refractivity contribution in [3.8, 4) is 0 Å². The molecule has 0 bridgehead atoms. The number of thiophene rings is 1. The molecule has 0 aromatic carbocycles. The Morgan fingerprint density at radius 1 is 1.37 bits per heavy atom. The van der Waals surface area contributed by atoms with Crippen molar-refractivity contribution in [3.05, 3.63) is 49.3 Å². The van der Waals surface area contributed by atoms with Crippen LogP contribution in [0.3, 0.4) is 0 Å². The number of aromatic nitrogens is 1. The van der Waals surface area contributed by atoms with Gasteiger partial charge in [0.05, 0.1) is 7.57 Å². The standard InChI is InChI=1S/C14H16Br2N2S/c1-2-6-18-12(8-10-5-3-4-7-17-10)11-9-13(15)19-14(11)16/h3-5,7,9,12,18H,2,6,8H2,1H3. The van der Waals surface area contributed by atoms with Crippen molar-refractivity contribution in [2.75, 3.05) is 6.54 Å². The van der Waals surface area contributed by atoms with Crippen LogP contribution < -0.4 is 5.32 Å². The molecule has 2 rings (SSSR count). The molecule has 1 N–H and O–H groups in total. The zero-order valence-corrected chi connectivity index (χ0v) is 14.7. The van der Waals surface area contributed by atoms with E-state index in [0.717, 1.165) is 28.9 Å². The molecule has 2 aromatic heterocycles. The number of nitrogens with one attached hydrogen (secondary N) is 1. The third-order valence-electron chi connectivity index (χ3n) is 2.84. The molecule has 0 radical (unpaired) electrons. The van der Waals surface area contributed by atoms with Gasteiger partial charge in [0.15, 0.2) is 0 Å². The Bertz CT molecular complexity index is 513. The zero-order valence-electron chi connectivity index (χ0n) is 10.7. The van der Waals surface area contributed by atoms with Gasteiger partial charge in [-0.05, 0) is 68.6 Å². The van der Waals surface area contributed by atoms with E-state index in [4.69, 9.17) is 0 Å². The smallest absolute Gasteiger partial charge is 0.0758 e. The van der Waals surface area contributed by atoms with E-state index in [1.165, 1.54) is 9.35 Å². The third kappa shape index (κ3) is 4.38. The highest BCUT2D eigenvalue weighted by Crippen LogP contribution is 2.36. The van der Waals surface area contributed by atoms with Crippen LogP contribution in [0.2, 0.25) is 0 Å². The summed E-state index contributed by atoms with van der Waals surface area (Å²) in [6, 6.07) is 8.56. The van der Waals surface area contributed by atoms with Gasteiger partial charge in [-0.1, -0.05) is 13.0 Å². The molecule has 102 valence electrons. The lowest BCUT2D eigenvalue weighted by atomic mass is 10.0. The van der Waals surface area contributed by atoms with E-state index < -0.39 is 0 Å². The van der Waals surface area contributed by atoms with Crippen molar-refractivity contribution in [3.63, 3.8) is 0 Å². The van der Waals surface area contributed by atoms with Gasteiger partial charge in [0.2, 0.25) is 0 Å². The third-order valence-corrected chi connectivity index (χ3v) is 5.22. The fourth-order valence-corrected chi connectivity index (χ4v) is 4.90. The van der Waals surface area contributed by atoms with Gasteiger partial charge in [-0.3, -0.25) is 4.98 Å². The van der Waals surface area contributed by atoms with Gasteiger partial charge in [-0.15, -0.1) is 11.3 Å². The Balaban J connectivity index is 2.18.